The number of hydrogen-bond donors (Lipinski definition) is 2. The van der Waals surface area contributed by atoms with Crippen LogP contribution in [0.4, 0.5) is 0 Å². The molecule has 1 aliphatic rings. The van der Waals surface area contributed by atoms with Crippen LogP contribution < -0.4 is 9.46 Å². The van der Waals surface area contributed by atoms with Crippen LogP contribution in [0.2, 0.25) is 0 Å². The molecule has 0 heterocycles. The maximum absolute atomic E-state index is 12.3. The van der Waals surface area contributed by atoms with Crippen molar-refractivity contribution in [3.05, 3.63) is 23.8 Å². The van der Waals surface area contributed by atoms with Crippen molar-refractivity contribution in [3.8, 4) is 5.75 Å². The van der Waals surface area contributed by atoms with Crippen LogP contribution in [0.1, 0.15) is 31.7 Å². The van der Waals surface area contributed by atoms with Crippen LogP contribution in [0.15, 0.2) is 23.1 Å². The van der Waals surface area contributed by atoms with E-state index in [1.54, 1.807) is 6.07 Å². The number of sulfonamides is 1. The Hall–Kier alpha value is -1.11. The maximum Gasteiger partial charge on any atom is 0.241 e. The Balaban J connectivity index is 2.30. The summed E-state index contributed by atoms with van der Waals surface area (Å²) in [5.74, 6) is 0.483. The van der Waals surface area contributed by atoms with Gasteiger partial charge in [0.1, 0.15) is 5.75 Å². The molecule has 1 saturated carbocycles. The molecule has 6 heteroatoms. The smallest absolute Gasteiger partial charge is 0.241 e. The molecule has 2 rings (SSSR count). The molecule has 0 unspecified atom stereocenters. The number of methoxy groups -OCH3 is 1. The number of aliphatic hydroxyl groups is 1. The van der Waals surface area contributed by atoms with Crippen molar-refractivity contribution < 1.29 is 18.3 Å². The molecule has 1 aromatic rings. The first-order valence-corrected chi connectivity index (χ1v) is 7.70. The molecule has 106 valence electrons. The molecule has 1 aromatic carbocycles. The molecule has 0 radical (unpaired) electrons. The van der Waals surface area contributed by atoms with Crippen molar-refractivity contribution in [2.24, 2.45) is 0 Å². The van der Waals surface area contributed by atoms with E-state index in [1.165, 1.54) is 19.2 Å². The van der Waals surface area contributed by atoms with Crippen LogP contribution in [0.5, 0.6) is 5.75 Å². The number of ether oxygens (including phenoxy) is 1. The Labute approximate surface area is 113 Å². The summed E-state index contributed by atoms with van der Waals surface area (Å²) in [5, 5.41) is 9.23. The summed E-state index contributed by atoms with van der Waals surface area (Å²) in [4.78, 5) is 0.158. The predicted octanol–water partition coefficient (Wildman–Crippen LogP) is 1.41. The van der Waals surface area contributed by atoms with Crippen molar-refractivity contribution in [1.29, 1.82) is 0 Å². The summed E-state index contributed by atoms with van der Waals surface area (Å²) in [6.45, 7) is 1.65. The SMILES string of the molecule is COc1ccc(S(=O)(=O)NC2(C)CCC2)cc1CO. The van der Waals surface area contributed by atoms with Gasteiger partial charge < -0.3 is 9.84 Å². The fraction of sp³-hybridized carbons (Fsp3) is 0.538. The molecule has 0 spiro atoms. The molecule has 2 N–H and O–H groups in total. The summed E-state index contributed by atoms with van der Waals surface area (Å²) >= 11 is 0. The second kappa shape index (κ2) is 5.11. The van der Waals surface area contributed by atoms with Gasteiger partial charge in [0.05, 0.1) is 18.6 Å². The van der Waals surface area contributed by atoms with Crippen molar-refractivity contribution in [2.45, 2.75) is 43.2 Å². The maximum atomic E-state index is 12.3. The van der Waals surface area contributed by atoms with E-state index in [0.717, 1.165) is 19.3 Å². The fourth-order valence-corrected chi connectivity index (χ4v) is 3.75. The molecule has 0 amide bonds. The van der Waals surface area contributed by atoms with Gasteiger partial charge in [0.25, 0.3) is 0 Å². The summed E-state index contributed by atoms with van der Waals surface area (Å²) in [6.07, 6.45) is 2.76. The van der Waals surface area contributed by atoms with Crippen LogP contribution >= 0.6 is 0 Å². The minimum atomic E-state index is -3.55. The number of nitrogens with one attached hydrogen (secondary N) is 1. The summed E-state index contributed by atoms with van der Waals surface area (Å²) in [5.41, 5.74) is 0.127. The van der Waals surface area contributed by atoms with E-state index in [-0.39, 0.29) is 17.0 Å². The lowest BCUT2D eigenvalue weighted by Gasteiger charge is -2.38. The molecule has 19 heavy (non-hydrogen) atoms. The third-order valence-corrected chi connectivity index (χ3v) is 5.21. The molecule has 1 fully saturated rings. The Morgan fingerprint density at radius 2 is 2.11 bits per heavy atom. The zero-order valence-corrected chi connectivity index (χ0v) is 12.0. The van der Waals surface area contributed by atoms with Gasteiger partial charge in [-0.25, -0.2) is 13.1 Å². The topological polar surface area (TPSA) is 75.6 Å². The van der Waals surface area contributed by atoms with Gasteiger partial charge in [0.2, 0.25) is 10.0 Å². The monoisotopic (exact) mass is 285 g/mol. The number of hydrogen-bond acceptors (Lipinski definition) is 4. The van der Waals surface area contributed by atoms with E-state index in [9.17, 15) is 13.5 Å². The highest BCUT2D eigenvalue weighted by Gasteiger charge is 2.36. The Kier molecular flexibility index (Phi) is 3.85. The Morgan fingerprint density at radius 3 is 2.58 bits per heavy atom. The Bertz CT molecular complexity index is 564. The highest BCUT2D eigenvalue weighted by atomic mass is 32.2. The molecule has 5 nitrogen and oxygen atoms in total. The van der Waals surface area contributed by atoms with Gasteiger partial charge in [0, 0.05) is 11.1 Å². The van der Waals surface area contributed by atoms with E-state index in [1.807, 2.05) is 6.92 Å². The van der Waals surface area contributed by atoms with Gasteiger partial charge in [-0.15, -0.1) is 0 Å². The van der Waals surface area contributed by atoms with Gasteiger partial charge in [-0.05, 0) is 44.4 Å². The van der Waals surface area contributed by atoms with Gasteiger partial charge >= 0.3 is 0 Å². The average Bonchev–Trinajstić information content (AvgIpc) is 2.35. The second-order valence-corrected chi connectivity index (χ2v) is 6.83. The minimum absolute atomic E-state index is 0.158. The zero-order chi connectivity index (χ0) is 14.1. The highest BCUT2D eigenvalue weighted by molar-refractivity contribution is 7.89. The lowest BCUT2D eigenvalue weighted by molar-refractivity contribution is 0.248. The van der Waals surface area contributed by atoms with Gasteiger partial charge in [0.15, 0.2) is 0 Å². The summed E-state index contributed by atoms with van der Waals surface area (Å²) in [6, 6.07) is 4.49. The Morgan fingerprint density at radius 1 is 1.42 bits per heavy atom. The summed E-state index contributed by atoms with van der Waals surface area (Å²) in [7, 11) is -2.07. The van der Waals surface area contributed by atoms with Crippen molar-refractivity contribution >= 4 is 10.0 Å². The number of rotatable bonds is 5. The second-order valence-electron chi connectivity index (χ2n) is 5.15. The minimum Gasteiger partial charge on any atom is -0.496 e. The first kappa shape index (κ1) is 14.3. The van der Waals surface area contributed by atoms with E-state index in [4.69, 9.17) is 4.74 Å². The van der Waals surface area contributed by atoms with Gasteiger partial charge in [-0.1, -0.05) is 0 Å². The van der Waals surface area contributed by atoms with Crippen molar-refractivity contribution in [2.75, 3.05) is 7.11 Å². The van der Waals surface area contributed by atoms with Gasteiger partial charge in [-0.2, -0.15) is 0 Å². The van der Waals surface area contributed by atoms with Crippen LogP contribution in [0.25, 0.3) is 0 Å². The van der Waals surface area contributed by atoms with Crippen molar-refractivity contribution in [3.63, 3.8) is 0 Å². The fourth-order valence-electron chi connectivity index (χ4n) is 2.24. The van der Waals surface area contributed by atoms with Crippen LogP contribution in [-0.4, -0.2) is 26.2 Å². The third-order valence-electron chi connectivity index (χ3n) is 3.57. The van der Waals surface area contributed by atoms with Gasteiger partial charge in [-0.3, -0.25) is 0 Å². The lowest BCUT2D eigenvalue weighted by atomic mass is 9.80. The van der Waals surface area contributed by atoms with E-state index < -0.39 is 10.0 Å². The largest absolute Gasteiger partial charge is 0.496 e. The highest BCUT2D eigenvalue weighted by Crippen LogP contribution is 2.33. The molecule has 1 aliphatic carbocycles. The molecule has 0 bridgehead atoms. The third kappa shape index (κ3) is 2.91. The summed E-state index contributed by atoms with van der Waals surface area (Å²) < 4.78 is 32.3. The van der Waals surface area contributed by atoms with Crippen LogP contribution in [0, 0.1) is 0 Å². The standard InChI is InChI=1S/C13H19NO4S/c1-13(6-3-7-13)14-19(16,17)11-4-5-12(18-2)10(8-11)9-15/h4-5,8,14-15H,3,6-7,9H2,1-2H3. The molecule has 0 saturated heterocycles. The lowest BCUT2D eigenvalue weighted by Crippen LogP contribution is -2.50. The average molecular weight is 285 g/mol. The number of benzene rings is 1. The zero-order valence-electron chi connectivity index (χ0n) is 11.1. The molecule has 0 atom stereocenters. The molecule has 0 aliphatic heterocycles. The van der Waals surface area contributed by atoms with Crippen LogP contribution in [-0.2, 0) is 16.6 Å². The first-order valence-electron chi connectivity index (χ1n) is 6.22. The normalized spacial score (nSPS) is 17.8. The molecular formula is C13H19NO4S. The quantitative estimate of drug-likeness (QED) is 0.857. The van der Waals surface area contributed by atoms with E-state index in [2.05, 4.69) is 4.72 Å². The van der Waals surface area contributed by atoms with E-state index >= 15 is 0 Å². The molecular weight excluding hydrogens is 266 g/mol. The van der Waals surface area contributed by atoms with Crippen molar-refractivity contribution in [1.82, 2.24) is 4.72 Å². The molecule has 0 aromatic heterocycles. The first-order chi connectivity index (χ1) is 8.90. The predicted molar refractivity (Wildman–Crippen MR) is 71.5 cm³/mol. The van der Waals surface area contributed by atoms with E-state index in [0.29, 0.717) is 11.3 Å². The number of aliphatic hydroxyl groups excluding tert-OH is 1. The van der Waals surface area contributed by atoms with Crippen LogP contribution in [0.3, 0.4) is 0 Å².